The van der Waals surface area contributed by atoms with Gasteiger partial charge in [-0.15, -0.1) is 0 Å². The van der Waals surface area contributed by atoms with E-state index in [-0.39, 0.29) is 0 Å². The van der Waals surface area contributed by atoms with E-state index in [0.717, 1.165) is 28.7 Å². The molecule has 0 saturated heterocycles. The molecule has 0 bridgehead atoms. The van der Waals surface area contributed by atoms with Crippen LogP contribution >= 0.6 is 0 Å². The highest BCUT2D eigenvalue weighted by Gasteiger charge is 2.81. The second-order valence-electron chi connectivity index (χ2n) is 12.3. The van der Waals surface area contributed by atoms with E-state index in [1.54, 1.807) is 19.3 Å². The zero-order valence-corrected chi connectivity index (χ0v) is 17.8. The molecule has 2 spiro atoms. The van der Waals surface area contributed by atoms with E-state index in [1.807, 2.05) is 0 Å². The zero-order valence-electron chi connectivity index (χ0n) is 17.8. The van der Waals surface area contributed by atoms with Crippen molar-refractivity contribution in [3.8, 4) is 0 Å². The quantitative estimate of drug-likeness (QED) is 0.553. The third-order valence-electron chi connectivity index (χ3n) is 11.5. The fourth-order valence-electron chi connectivity index (χ4n) is 10.2. The van der Waals surface area contributed by atoms with Gasteiger partial charge in [0, 0.05) is 6.04 Å². The first-order chi connectivity index (χ1) is 11.6. The fraction of sp³-hybridized carbons (Fsp3) is 1.00. The maximum absolute atomic E-state index is 2.73. The normalized spacial score (nSPS) is 58.9. The van der Waals surface area contributed by atoms with Crippen molar-refractivity contribution in [2.45, 2.75) is 97.9 Å². The number of hydrogen-bond donors (Lipinski definition) is 0. The molecule has 5 aliphatic carbocycles. The number of rotatable bonds is 1. The van der Waals surface area contributed by atoms with Crippen LogP contribution in [0, 0.1) is 38.9 Å². The van der Waals surface area contributed by atoms with Crippen LogP contribution in [0.2, 0.25) is 0 Å². The minimum atomic E-state index is 0.494. The molecule has 0 aliphatic heterocycles. The summed E-state index contributed by atoms with van der Waals surface area (Å²) >= 11 is 0. The van der Waals surface area contributed by atoms with Gasteiger partial charge in [0.05, 0.1) is 0 Å². The molecule has 0 N–H and O–H groups in total. The van der Waals surface area contributed by atoms with Crippen LogP contribution in [0.5, 0.6) is 0 Å². The monoisotopic (exact) mass is 343 g/mol. The van der Waals surface area contributed by atoms with Gasteiger partial charge >= 0.3 is 0 Å². The Morgan fingerprint density at radius 1 is 0.720 bits per heavy atom. The lowest BCUT2D eigenvalue weighted by Gasteiger charge is -2.63. The molecule has 5 rings (SSSR count). The lowest BCUT2D eigenvalue weighted by Crippen LogP contribution is -2.58. The van der Waals surface area contributed by atoms with Crippen molar-refractivity contribution in [2.75, 3.05) is 14.1 Å². The Hall–Kier alpha value is -0.0400. The lowest BCUT2D eigenvalue weighted by atomic mass is 9.42. The third-order valence-corrected chi connectivity index (χ3v) is 11.5. The highest BCUT2D eigenvalue weighted by atomic mass is 15.1. The van der Waals surface area contributed by atoms with Crippen LogP contribution in [-0.2, 0) is 0 Å². The van der Waals surface area contributed by atoms with Crippen LogP contribution in [0.25, 0.3) is 0 Å². The van der Waals surface area contributed by atoms with Crippen molar-refractivity contribution < 1.29 is 0 Å². The van der Waals surface area contributed by atoms with Crippen LogP contribution in [0.4, 0.5) is 0 Å². The Morgan fingerprint density at radius 2 is 1.40 bits per heavy atom. The molecule has 1 nitrogen and oxygen atoms in total. The summed E-state index contributed by atoms with van der Waals surface area (Å²) in [5.41, 5.74) is 3.30. The first kappa shape index (κ1) is 17.1. The predicted molar refractivity (Wildman–Crippen MR) is 105 cm³/mol. The SMILES string of the molecule is CN(C)C1CCC23CC24CCC2(C)CCC[C@@]2(C)C4CCC3C1(C)C. The van der Waals surface area contributed by atoms with Crippen molar-refractivity contribution in [3.63, 3.8) is 0 Å². The summed E-state index contributed by atoms with van der Waals surface area (Å²) in [5, 5.41) is 0. The molecular formula is C24H41N. The Morgan fingerprint density at radius 3 is 2.12 bits per heavy atom. The average Bonchev–Trinajstić information content (AvgIpc) is 3.07. The summed E-state index contributed by atoms with van der Waals surface area (Å²) in [6, 6.07) is 0.785. The smallest absolute Gasteiger partial charge is 0.0143 e. The standard InChI is InChI=1S/C24H41N/c1-20(2)17-8-9-18-22(4)12-7-11-21(22,3)14-15-24(18)16-23(17,24)13-10-19(20)25(5)6/h17-19H,7-16H2,1-6H3/t17?,18?,19?,21?,22-,23?,24?/m0/s1. The van der Waals surface area contributed by atoms with Gasteiger partial charge in [0.1, 0.15) is 0 Å². The van der Waals surface area contributed by atoms with E-state index >= 15 is 0 Å². The van der Waals surface area contributed by atoms with E-state index in [2.05, 4.69) is 46.7 Å². The highest BCUT2D eigenvalue weighted by molar-refractivity contribution is 5.30. The predicted octanol–water partition coefficient (Wildman–Crippen LogP) is 6.13. The maximum Gasteiger partial charge on any atom is 0.0143 e. The van der Waals surface area contributed by atoms with Gasteiger partial charge in [-0.1, -0.05) is 34.1 Å². The molecule has 5 fully saturated rings. The van der Waals surface area contributed by atoms with Crippen molar-refractivity contribution in [1.29, 1.82) is 0 Å². The van der Waals surface area contributed by atoms with Gasteiger partial charge in [0.15, 0.2) is 0 Å². The largest absolute Gasteiger partial charge is 0.306 e. The summed E-state index contributed by atoms with van der Waals surface area (Å²) in [7, 11) is 4.65. The molecule has 0 heterocycles. The van der Waals surface area contributed by atoms with Crippen LogP contribution in [0.1, 0.15) is 91.9 Å². The van der Waals surface area contributed by atoms with Crippen LogP contribution in [0.15, 0.2) is 0 Å². The van der Waals surface area contributed by atoms with Crippen molar-refractivity contribution in [3.05, 3.63) is 0 Å². The minimum absolute atomic E-state index is 0.494. The van der Waals surface area contributed by atoms with E-state index in [9.17, 15) is 0 Å². The van der Waals surface area contributed by atoms with Crippen molar-refractivity contribution >= 4 is 0 Å². The van der Waals surface area contributed by atoms with Gasteiger partial charge in [-0.25, -0.2) is 0 Å². The lowest BCUT2D eigenvalue weighted by molar-refractivity contribution is -0.140. The summed E-state index contributed by atoms with van der Waals surface area (Å²) < 4.78 is 0. The zero-order chi connectivity index (χ0) is 17.9. The Kier molecular flexibility index (Phi) is 3.20. The Balaban J connectivity index is 1.53. The molecule has 7 atom stereocenters. The number of fused-ring (bicyclic) bond motifs is 2. The van der Waals surface area contributed by atoms with Gasteiger partial charge in [-0.05, 0) is 111 Å². The summed E-state index contributed by atoms with van der Waals surface area (Å²) in [6.07, 6.45) is 15.3. The molecule has 5 aliphatic rings. The molecule has 142 valence electrons. The Labute approximate surface area is 156 Å². The van der Waals surface area contributed by atoms with Crippen LogP contribution < -0.4 is 0 Å². The third kappa shape index (κ3) is 1.72. The highest BCUT2D eigenvalue weighted by Crippen LogP contribution is 2.88. The number of hydrogen-bond acceptors (Lipinski definition) is 1. The summed E-state index contributed by atoms with van der Waals surface area (Å²) in [6.45, 7) is 10.6. The summed E-state index contributed by atoms with van der Waals surface area (Å²) in [5.74, 6) is 2.02. The van der Waals surface area contributed by atoms with E-state index in [1.165, 1.54) is 44.9 Å². The van der Waals surface area contributed by atoms with Crippen LogP contribution in [-0.4, -0.2) is 25.0 Å². The molecule has 0 amide bonds. The molecule has 0 aromatic carbocycles. The molecule has 1 heteroatoms. The average molecular weight is 344 g/mol. The van der Waals surface area contributed by atoms with Gasteiger partial charge in [-0.3, -0.25) is 0 Å². The minimum Gasteiger partial charge on any atom is -0.306 e. The molecule has 25 heavy (non-hydrogen) atoms. The van der Waals surface area contributed by atoms with E-state index in [0.29, 0.717) is 16.2 Å². The molecule has 0 aromatic heterocycles. The topological polar surface area (TPSA) is 3.24 Å². The van der Waals surface area contributed by atoms with Crippen LogP contribution in [0.3, 0.4) is 0 Å². The van der Waals surface area contributed by atoms with Gasteiger partial charge in [0.2, 0.25) is 0 Å². The van der Waals surface area contributed by atoms with E-state index < -0.39 is 0 Å². The van der Waals surface area contributed by atoms with E-state index in [4.69, 9.17) is 0 Å². The van der Waals surface area contributed by atoms with Crippen molar-refractivity contribution in [2.24, 2.45) is 38.9 Å². The Bertz CT molecular complexity index is 593. The molecule has 6 unspecified atom stereocenters. The van der Waals surface area contributed by atoms with Gasteiger partial charge in [-0.2, -0.15) is 0 Å². The maximum atomic E-state index is 2.73. The van der Waals surface area contributed by atoms with Gasteiger partial charge < -0.3 is 4.90 Å². The molecule has 0 radical (unpaired) electrons. The van der Waals surface area contributed by atoms with Gasteiger partial charge in [0.25, 0.3) is 0 Å². The molecule has 0 aromatic rings. The first-order valence-electron chi connectivity index (χ1n) is 11.3. The van der Waals surface area contributed by atoms with Crippen molar-refractivity contribution in [1.82, 2.24) is 4.90 Å². The fourth-order valence-corrected chi connectivity index (χ4v) is 10.2. The second kappa shape index (κ2) is 4.68. The first-order valence-corrected chi connectivity index (χ1v) is 11.3. The molecule has 5 saturated carbocycles. The molecular weight excluding hydrogens is 302 g/mol. The number of nitrogens with zero attached hydrogens (tertiary/aromatic N) is 1. The summed E-state index contributed by atoms with van der Waals surface area (Å²) in [4.78, 5) is 2.55. The second-order valence-corrected chi connectivity index (χ2v) is 12.3.